The summed E-state index contributed by atoms with van der Waals surface area (Å²) in [5.74, 6) is -2.96. The van der Waals surface area contributed by atoms with E-state index in [1.54, 1.807) is 41.3 Å². The molecule has 1 aliphatic heterocycles. The highest BCUT2D eigenvalue weighted by atomic mass is 35.5. The topological polar surface area (TPSA) is 142 Å². The molecule has 0 bridgehead atoms. The minimum Gasteiger partial charge on any atom is -0.478 e. The average molecular weight is 667 g/mol. The minimum atomic E-state index is -3.61. The van der Waals surface area contributed by atoms with Crippen LogP contribution in [0.15, 0.2) is 53.9 Å². The summed E-state index contributed by atoms with van der Waals surface area (Å²) in [5.41, 5.74) is 3.88. The Bertz CT molecular complexity index is 1660. The van der Waals surface area contributed by atoms with Crippen LogP contribution in [0.25, 0.3) is 0 Å². The number of hydroxylamine groups is 1. The first-order valence-corrected chi connectivity index (χ1v) is 17.0. The van der Waals surface area contributed by atoms with Gasteiger partial charge in [0.05, 0.1) is 23.8 Å². The molecule has 1 aromatic heterocycles. The molecule has 0 saturated heterocycles. The Morgan fingerprint density at radius 3 is 2.53 bits per heavy atom. The summed E-state index contributed by atoms with van der Waals surface area (Å²) in [6, 6.07) is 11.0. The van der Waals surface area contributed by atoms with Crippen LogP contribution >= 0.6 is 34.5 Å². The zero-order valence-electron chi connectivity index (χ0n) is 23.0. The summed E-state index contributed by atoms with van der Waals surface area (Å²) in [4.78, 5) is 47.3. The SMILES string of the molecule is CS(=O)(=O)N[C@@H]1CCCC[C@H]1N1C(=O)c2ccccc2[C@H](C(=O)NOCc2cc(C(=O)O)cs2)[C@H]1c1ccc(Cl)cc1Cl. The van der Waals surface area contributed by atoms with Crippen molar-refractivity contribution >= 4 is 62.3 Å². The first-order chi connectivity index (χ1) is 20.4. The van der Waals surface area contributed by atoms with Gasteiger partial charge < -0.3 is 10.0 Å². The molecule has 14 heteroatoms. The van der Waals surface area contributed by atoms with Gasteiger partial charge in [-0.15, -0.1) is 11.3 Å². The molecule has 3 aromatic rings. The van der Waals surface area contributed by atoms with E-state index in [0.717, 1.165) is 19.1 Å². The Kier molecular flexibility index (Phi) is 9.45. The summed E-state index contributed by atoms with van der Waals surface area (Å²) in [6.45, 7) is -0.0734. The molecule has 10 nitrogen and oxygen atoms in total. The average Bonchev–Trinajstić information content (AvgIpc) is 3.42. The fourth-order valence-corrected chi connectivity index (χ4v) is 8.05. The maximum atomic E-state index is 14.3. The van der Waals surface area contributed by atoms with Crippen molar-refractivity contribution in [3.63, 3.8) is 0 Å². The molecule has 4 atom stereocenters. The monoisotopic (exact) mass is 665 g/mol. The zero-order valence-corrected chi connectivity index (χ0v) is 26.1. The zero-order chi connectivity index (χ0) is 30.9. The second kappa shape index (κ2) is 12.9. The van der Waals surface area contributed by atoms with Gasteiger partial charge in [-0.25, -0.2) is 23.4 Å². The van der Waals surface area contributed by atoms with Crippen molar-refractivity contribution in [2.75, 3.05) is 6.26 Å². The summed E-state index contributed by atoms with van der Waals surface area (Å²) in [7, 11) is -3.61. The number of carboxylic acids is 1. The van der Waals surface area contributed by atoms with Gasteiger partial charge in [0.1, 0.15) is 6.61 Å². The van der Waals surface area contributed by atoms with Gasteiger partial charge in [0.2, 0.25) is 10.0 Å². The lowest BCUT2D eigenvalue weighted by Gasteiger charge is -2.49. The molecule has 2 heterocycles. The number of amides is 2. The molecular weight excluding hydrogens is 637 g/mol. The van der Waals surface area contributed by atoms with Crippen LogP contribution in [0, 0.1) is 0 Å². The molecular formula is C29H29Cl2N3O7S2. The number of sulfonamides is 1. The van der Waals surface area contributed by atoms with Crippen molar-refractivity contribution < 1.29 is 32.7 Å². The van der Waals surface area contributed by atoms with E-state index in [1.807, 2.05) is 0 Å². The van der Waals surface area contributed by atoms with Crippen LogP contribution in [0.2, 0.25) is 10.0 Å². The van der Waals surface area contributed by atoms with E-state index in [-0.39, 0.29) is 23.1 Å². The molecule has 0 unspecified atom stereocenters. The molecule has 2 aliphatic rings. The van der Waals surface area contributed by atoms with Crippen molar-refractivity contribution in [3.05, 3.63) is 91.1 Å². The predicted octanol–water partition coefficient (Wildman–Crippen LogP) is 5.14. The molecule has 0 radical (unpaired) electrons. The van der Waals surface area contributed by atoms with Crippen LogP contribution in [-0.2, 0) is 26.3 Å². The van der Waals surface area contributed by atoms with Crippen molar-refractivity contribution in [1.82, 2.24) is 15.1 Å². The third-order valence-corrected chi connectivity index (χ3v) is 9.88. The lowest BCUT2D eigenvalue weighted by molar-refractivity contribution is -0.138. The van der Waals surface area contributed by atoms with Crippen LogP contribution in [0.1, 0.15) is 74.4 Å². The minimum absolute atomic E-state index is 0.0734. The Morgan fingerprint density at radius 1 is 1.09 bits per heavy atom. The number of rotatable bonds is 9. The van der Waals surface area contributed by atoms with Crippen LogP contribution in [0.5, 0.6) is 0 Å². The number of carbonyl (C=O) groups excluding carboxylic acids is 2. The van der Waals surface area contributed by atoms with E-state index in [9.17, 15) is 27.9 Å². The second-order valence-corrected chi connectivity index (χ2v) is 14.2. The van der Waals surface area contributed by atoms with E-state index in [1.165, 1.54) is 28.8 Å². The number of thiophene rings is 1. The Balaban J connectivity index is 1.57. The quantitative estimate of drug-likeness (QED) is 0.269. The molecule has 3 N–H and O–H groups in total. The summed E-state index contributed by atoms with van der Waals surface area (Å²) >= 11 is 14.1. The van der Waals surface area contributed by atoms with Crippen LogP contribution in [0.4, 0.5) is 0 Å². The summed E-state index contributed by atoms with van der Waals surface area (Å²) in [5, 5.41) is 11.3. The smallest absolute Gasteiger partial charge is 0.336 e. The summed E-state index contributed by atoms with van der Waals surface area (Å²) in [6.07, 6.45) is 3.65. The highest BCUT2D eigenvalue weighted by Gasteiger charge is 2.49. The standard InChI is InChI=1S/C29H29Cl2N3O7S2/c1-43(39,40)33-23-8-4-5-9-24(23)34-26(21-11-10-17(30)13-22(21)31)25(19-6-2-3-7-20(19)28(34)36)27(35)32-41-14-18-12-16(15-42-18)29(37)38/h2-3,6-7,10-13,15,23-26,33H,4-5,8-9,14H2,1H3,(H,32,35)(H,37,38)/t23-,24-,25+,26-/m1/s1. The lowest BCUT2D eigenvalue weighted by Crippen LogP contribution is -2.59. The molecule has 1 saturated carbocycles. The molecule has 43 heavy (non-hydrogen) atoms. The third-order valence-electron chi connectivity index (χ3n) is 7.68. The third kappa shape index (κ3) is 6.89. The van der Waals surface area contributed by atoms with Gasteiger partial charge in [-0.3, -0.25) is 14.4 Å². The van der Waals surface area contributed by atoms with E-state index in [0.29, 0.717) is 39.4 Å². The first-order valence-electron chi connectivity index (χ1n) is 13.5. The molecule has 5 rings (SSSR count). The number of nitrogens with zero attached hydrogens (tertiary/aromatic N) is 1. The number of hydrogen-bond acceptors (Lipinski definition) is 7. The Labute approximate surface area is 262 Å². The van der Waals surface area contributed by atoms with Crippen molar-refractivity contribution in [3.8, 4) is 0 Å². The van der Waals surface area contributed by atoms with Gasteiger partial charge in [0.15, 0.2) is 0 Å². The summed E-state index contributed by atoms with van der Waals surface area (Å²) < 4.78 is 27.4. The number of nitrogens with one attached hydrogen (secondary N) is 2. The van der Waals surface area contributed by atoms with Crippen LogP contribution in [0.3, 0.4) is 0 Å². The predicted molar refractivity (Wildman–Crippen MR) is 163 cm³/mol. The van der Waals surface area contributed by atoms with Gasteiger partial charge in [-0.2, -0.15) is 0 Å². The van der Waals surface area contributed by atoms with E-state index >= 15 is 0 Å². The normalized spacial score (nSPS) is 22.2. The van der Waals surface area contributed by atoms with E-state index in [2.05, 4.69) is 10.2 Å². The second-order valence-electron chi connectivity index (χ2n) is 10.6. The fraction of sp³-hybridized carbons (Fsp3) is 0.345. The van der Waals surface area contributed by atoms with E-state index in [4.69, 9.17) is 28.0 Å². The molecule has 228 valence electrons. The van der Waals surface area contributed by atoms with Crippen LogP contribution < -0.4 is 10.2 Å². The number of benzene rings is 2. The molecule has 2 aromatic carbocycles. The van der Waals surface area contributed by atoms with Crippen molar-refractivity contribution in [2.45, 2.75) is 56.3 Å². The highest BCUT2D eigenvalue weighted by molar-refractivity contribution is 7.88. The lowest BCUT2D eigenvalue weighted by atomic mass is 9.76. The van der Waals surface area contributed by atoms with Crippen LogP contribution in [-0.4, -0.2) is 54.5 Å². The number of hydrogen-bond donors (Lipinski definition) is 3. The highest BCUT2D eigenvalue weighted by Crippen LogP contribution is 2.47. The largest absolute Gasteiger partial charge is 0.478 e. The Hall–Kier alpha value is -3.00. The molecule has 0 spiro atoms. The van der Waals surface area contributed by atoms with Gasteiger partial charge >= 0.3 is 5.97 Å². The maximum absolute atomic E-state index is 14.3. The molecule has 1 aliphatic carbocycles. The van der Waals surface area contributed by atoms with Gasteiger partial charge in [-0.1, -0.05) is 60.3 Å². The van der Waals surface area contributed by atoms with Gasteiger partial charge in [-0.05, 0) is 48.2 Å². The maximum Gasteiger partial charge on any atom is 0.336 e. The molecule has 1 fully saturated rings. The number of carboxylic acid groups (broad SMARTS) is 1. The number of carbonyl (C=O) groups is 3. The number of halogens is 2. The number of fused-ring (bicyclic) bond motifs is 1. The Morgan fingerprint density at radius 2 is 1.84 bits per heavy atom. The van der Waals surface area contributed by atoms with Crippen molar-refractivity contribution in [1.29, 1.82) is 0 Å². The van der Waals surface area contributed by atoms with Crippen molar-refractivity contribution in [2.24, 2.45) is 0 Å². The number of aromatic carboxylic acids is 1. The van der Waals surface area contributed by atoms with Gasteiger partial charge in [0.25, 0.3) is 11.8 Å². The molecule has 2 amide bonds. The van der Waals surface area contributed by atoms with Gasteiger partial charge in [0, 0.05) is 37.9 Å². The first kappa shape index (κ1) is 31.4. The fourth-order valence-electron chi connectivity index (χ4n) is 5.94. The van der Waals surface area contributed by atoms with E-state index < -0.39 is 45.9 Å².